The number of carbonyl (C=O) groups excluding carboxylic acids is 1. The molecule has 0 bridgehead atoms. The number of aliphatic hydroxyl groups is 2. The summed E-state index contributed by atoms with van der Waals surface area (Å²) in [6, 6.07) is 9.92. The molecule has 1 heterocycles. The molecule has 1 aromatic carbocycles. The van der Waals surface area contributed by atoms with E-state index in [-0.39, 0.29) is 12.5 Å². The Morgan fingerprint density at radius 1 is 1.38 bits per heavy atom. The van der Waals surface area contributed by atoms with Crippen molar-refractivity contribution in [2.24, 2.45) is 5.92 Å². The number of hydrogen-bond donors (Lipinski definition) is 3. The van der Waals surface area contributed by atoms with Gasteiger partial charge in [0.25, 0.3) is 0 Å². The van der Waals surface area contributed by atoms with Crippen molar-refractivity contribution in [2.75, 3.05) is 26.2 Å². The summed E-state index contributed by atoms with van der Waals surface area (Å²) in [4.78, 5) is 14.0. The zero-order valence-electron chi connectivity index (χ0n) is 14.7. The molecule has 1 amide bonds. The number of rotatable bonds is 7. The molecule has 0 radical (unpaired) electrons. The van der Waals surface area contributed by atoms with E-state index in [0.717, 1.165) is 12.1 Å². The van der Waals surface area contributed by atoms with Gasteiger partial charge in [0.05, 0.1) is 0 Å². The fourth-order valence-corrected chi connectivity index (χ4v) is 3.03. The van der Waals surface area contributed by atoms with Gasteiger partial charge in [-0.25, -0.2) is 0 Å². The number of aliphatic hydroxyl groups excluding tert-OH is 1. The number of piperidine rings is 1. The minimum Gasteiger partial charge on any atom is -0.388 e. The van der Waals surface area contributed by atoms with Crippen molar-refractivity contribution in [3.8, 4) is 0 Å². The molecule has 0 aliphatic carbocycles. The van der Waals surface area contributed by atoms with Crippen molar-refractivity contribution in [2.45, 2.75) is 44.8 Å². The predicted molar refractivity (Wildman–Crippen MR) is 94.6 cm³/mol. The fraction of sp³-hybridized carbons (Fsp3) is 0.632. The van der Waals surface area contributed by atoms with Gasteiger partial charge in [0.2, 0.25) is 5.91 Å². The number of benzene rings is 1. The van der Waals surface area contributed by atoms with Gasteiger partial charge >= 0.3 is 0 Å². The van der Waals surface area contributed by atoms with Crippen molar-refractivity contribution >= 4 is 5.91 Å². The van der Waals surface area contributed by atoms with E-state index in [4.69, 9.17) is 0 Å². The second-order valence-corrected chi connectivity index (χ2v) is 7.22. The summed E-state index contributed by atoms with van der Waals surface area (Å²) in [6.45, 7) is 6.05. The van der Waals surface area contributed by atoms with Crippen molar-refractivity contribution in [1.82, 2.24) is 10.2 Å². The topological polar surface area (TPSA) is 72.8 Å². The first kappa shape index (κ1) is 18.9. The first-order chi connectivity index (χ1) is 11.4. The summed E-state index contributed by atoms with van der Waals surface area (Å²) in [5.74, 6) is 0.528. The molecule has 2 rings (SSSR count). The number of amides is 1. The van der Waals surface area contributed by atoms with E-state index < -0.39 is 11.7 Å². The van der Waals surface area contributed by atoms with Crippen LogP contribution in [0.25, 0.3) is 0 Å². The van der Waals surface area contributed by atoms with Gasteiger partial charge in [-0.1, -0.05) is 44.2 Å². The highest BCUT2D eigenvalue weighted by Gasteiger charge is 2.41. The average Bonchev–Trinajstić information content (AvgIpc) is 2.56. The highest BCUT2D eigenvalue weighted by Crippen LogP contribution is 2.23. The molecule has 24 heavy (non-hydrogen) atoms. The van der Waals surface area contributed by atoms with E-state index in [0.29, 0.717) is 38.3 Å². The van der Waals surface area contributed by atoms with E-state index in [9.17, 15) is 15.0 Å². The van der Waals surface area contributed by atoms with Crippen molar-refractivity contribution in [3.05, 3.63) is 35.9 Å². The molecule has 1 saturated heterocycles. The number of carbonyl (C=O) groups is 1. The van der Waals surface area contributed by atoms with Crippen molar-refractivity contribution in [1.29, 1.82) is 0 Å². The summed E-state index contributed by atoms with van der Waals surface area (Å²) >= 11 is 0. The van der Waals surface area contributed by atoms with Crippen LogP contribution in [0.2, 0.25) is 0 Å². The van der Waals surface area contributed by atoms with Crippen LogP contribution in [-0.2, 0) is 11.2 Å². The van der Waals surface area contributed by atoms with Crippen LogP contribution in [0.15, 0.2) is 30.3 Å². The van der Waals surface area contributed by atoms with Gasteiger partial charge < -0.3 is 20.4 Å². The third-order valence-electron chi connectivity index (χ3n) is 4.64. The van der Waals surface area contributed by atoms with Gasteiger partial charge in [0.15, 0.2) is 0 Å². The third kappa shape index (κ3) is 5.30. The molecular weight excluding hydrogens is 304 g/mol. The Balaban J connectivity index is 1.80. The molecule has 1 aliphatic rings. The molecule has 5 nitrogen and oxygen atoms in total. The van der Waals surface area contributed by atoms with Crippen molar-refractivity contribution in [3.63, 3.8) is 0 Å². The third-order valence-corrected chi connectivity index (χ3v) is 4.64. The fourth-order valence-electron chi connectivity index (χ4n) is 3.03. The molecule has 1 fully saturated rings. The van der Waals surface area contributed by atoms with Crippen LogP contribution in [0, 0.1) is 5.92 Å². The summed E-state index contributed by atoms with van der Waals surface area (Å²) in [7, 11) is 0. The maximum Gasteiger partial charge on any atom is 0.222 e. The Morgan fingerprint density at radius 3 is 2.71 bits per heavy atom. The molecule has 0 saturated carbocycles. The smallest absolute Gasteiger partial charge is 0.222 e. The minimum atomic E-state index is -1.15. The highest BCUT2D eigenvalue weighted by atomic mass is 16.3. The number of β-amino-alcohol motifs (C(OH)–C–C–N with tert-alkyl or cyclic N) is 1. The van der Waals surface area contributed by atoms with Gasteiger partial charge in [-0.3, -0.25) is 4.79 Å². The van der Waals surface area contributed by atoms with Crippen LogP contribution in [0.5, 0.6) is 0 Å². The van der Waals surface area contributed by atoms with Gasteiger partial charge in [-0.05, 0) is 30.9 Å². The number of likely N-dealkylation sites (tertiary alicyclic amines) is 1. The summed E-state index contributed by atoms with van der Waals surface area (Å²) in [5, 5.41) is 24.1. The Labute approximate surface area is 144 Å². The van der Waals surface area contributed by atoms with Crippen LogP contribution in [-0.4, -0.2) is 58.9 Å². The lowest BCUT2D eigenvalue weighted by molar-refractivity contribution is -0.148. The molecule has 0 spiro atoms. The summed E-state index contributed by atoms with van der Waals surface area (Å²) in [5.41, 5.74) is -0.0109. The molecule has 1 aliphatic heterocycles. The van der Waals surface area contributed by atoms with Crippen LogP contribution in [0.4, 0.5) is 0 Å². The standard InChI is InChI=1S/C19H30N2O3/c1-15(2)12-20-14-19(24)10-11-21(13-17(19)22)18(23)9-8-16-6-4-3-5-7-16/h3-7,15,17,20,22,24H,8-14H2,1-2H3/t17-,19-/m0/s1. The highest BCUT2D eigenvalue weighted by molar-refractivity contribution is 5.76. The van der Waals surface area contributed by atoms with Crippen LogP contribution in [0.3, 0.4) is 0 Å². The molecule has 0 unspecified atom stereocenters. The SMILES string of the molecule is CC(C)CNC[C@@]1(O)CCN(C(=O)CCc2ccccc2)C[C@@H]1O. The monoisotopic (exact) mass is 334 g/mol. The lowest BCUT2D eigenvalue weighted by Crippen LogP contribution is -2.60. The zero-order chi connectivity index (χ0) is 17.6. The Kier molecular flexibility index (Phi) is 6.78. The van der Waals surface area contributed by atoms with Crippen molar-refractivity contribution < 1.29 is 15.0 Å². The van der Waals surface area contributed by atoms with E-state index in [2.05, 4.69) is 19.2 Å². The van der Waals surface area contributed by atoms with E-state index in [1.165, 1.54) is 0 Å². The molecule has 5 heteroatoms. The molecule has 3 N–H and O–H groups in total. The van der Waals surface area contributed by atoms with Gasteiger partial charge in [0.1, 0.15) is 11.7 Å². The maximum absolute atomic E-state index is 12.3. The molecule has 0 aromatic heterocycles. The first-order valence-corrected chi connectivity index (χ1v) is 8.83. The quantitative estimate of drug-likeness (QED) is 0.700. The maximum atomic E-state index is 12.3. The normalized spacial score (nSPS) is 24.4. The second kappa shape index (κ2) is 8.60. The van der Waals surface area contributed by atoms with Crippen LogP contribution >= 0.6 is 0 Å². The summed E-state index contributed by atoms with van der Waals surface area (Å²) < 4.78 is 0. The lowest BCUT2D eigenvalue weighted by atomic mass is 9.88. The van der Waals surface area contributed by atoms with E-state index in [1.54, 1.807) is 4.90 Å². The van der Waals surface area contributed by atoms with Gasteiger partial charge in [-0.2, -0.15) is 0 Å². The zero-order valence-corrected chi connectivity index (χ0v) is 14.7. The van der Waals surface area contributed by atoms with Gasteiger partial charge in [-0.15, -0.1) is 0 Å². The molecule has 1 aromatic rings. The number of hydrogen-bond acceptors (Lipinski definition) is 4. The Morgan fingerprint density at radius 2 is 2.08 bits per heavy atom. The second-order valence-electron chi connectivity index (χ2n) is 7.22. The minimum absolute atomic E-state index is 0.0371. The van der Waals surface area contributed by atoms with E-state index in [1.807, 2.05) is 30.3 Å². The molecule has 134 valence electrons. The number of nitrogens with one attached hydrogen (secondary N) is 1. The van der Waals surface area contributed by atoms with E-state index >= 15 is 0 Å². The van der Waals surface area contributed by atoms with Gasteiger partial charge in [0, 0.05) is 26.1 Å². The van der Waals surface area contributed by atoms with Crippen LogP contribution in [0.1, 0.15) is 32.3 Å². The average molecular weight is 334 g/mol. The number of nitrogens with zero attached hydrogens (tertiary/aromatic N) is 1. The largest absolute Gasteiger partial charge is 0.388 e. The first-order valence-electron chi connectivity index (χ1n) is 8.83. The van der Waals surface area contributed by atoms with Crippen LogP contribution < -0.4 is 5.32 Å². The molecular formula is C19H30N2O3. The molecule has 2 atom stereocenters. The Hall–Kier alpha value is -1.43. The number of aryl methyl sites for hydroxylation is 1. The summed E-state index contributed by atoms with van der Waals surface area (Å²) in [6.07, 6.45) is 0.621. The predicted octanol–water partition coefficient (Wildman–Crippen LogP) is 1.19. The lowest BCUT2D eigenvalue weighted by Gasteiger charge is -2.42. The Bertz CT molecular complexity index is 521.